The topological polar surface area (TPSA) is 46.9 Å². The van der Waals surface area contributed by atoms with E-state index in [1.165, 1.54) is 0 Å². The molecule has 1 N–H and O–H groups in total. The van der Waals surface area contributed by atoms with Crippen LogP contribution < -0.4 is 5.32 Å². The van der Waals surface area contributed by atoms with Gasteiger partial charge in [-0.2, -0.15) is 0 Å². The summed E-state index contributed by atoms with van der Waals surface area (Å²) in [4.78, 5) is 16.9. The van der Waals surface area contributed by atoms with Crippen molar-refractivity contribution >= 4 is 22.6 Å². The summed E-state index contributed by atoms with van der Waals surface area (Å²) < 4.78 is 1.99. The van der Waals surface area contributed by atoms with Gasteiger partial charge in [-0.25, -0.2) is 4.98 Å². The van der Waals surface area contributed by atoms with Crippen molar-refractivity contribution in [3.05, 3.63) is 59.9 Å². The quantitative estimate of drug-likeness (QED) is 0.796. The van der Waals surface area contributed by atoms with Crippen molar-refractivity contribution in [3.8, 4) is 0 Å². The number of para-hydroxylation sites is 1. The minimum absolute atomic E-state index is 0.102. The Morgan fingerprint density at radius 2 is 2.05 bits per heavy atom. The van der Waals surface area contributed by atoms with E-state index in [-0.39, 0.29) is 5.91 Å². The molecule has 2 heterocycles. The Hall–Kier alpha value is -2.62. The number of nitrogens with zero attached hydrogens (tertiary/aromatic N) is 2. The van der Waals surface area contributed by atoms with Gasteiger partial charge in [0.15, 0.2) is 0 Å². The Morgan fingerprint density at radius 3 is 2.81 bits per heavy atom. The molecule has 1 aromatic carbocycles. The Morgan fingerprint density at radius 1 is 1.24 bits per heavy atom. The third kappa shape index (κ3) is 2.40. The molecule has 0 atom stereocenters. The number of aromatic nitrogens is 2. The van der Waals surface area contributed by atoms with Crippen molar-refractivity contribution in [1.29, 1.82) is 0 Å². The Labute approximate surface area is 123 Å². The summed E-state index contributed by atoms with van der Waals surface area (Å²) in [6, 6.07) is 11.5. The third-order valence-electron chi connectivity index (χ3n) is 3.61. The van der Waals surface area contributed by atoms with Crippen molar-refractivity contribution in [2.45, 2.75) is 20.4 Å². The first-order valence-corrected chi connectivity index (χ1v) is 7.01. The molecule has 0 bridgehead atoms. The SMILES string of the molecule is CCn1cc(C(=O)Nc2ccccc2C)c2cccnc21. The molecule has 4 nitrogen and oxygen atoms in total. The summed E-state index contributed by atoms with van der Waals surface area (Å²) in [5, 5.41) is 3.86. The predicted octanol–water partition coefficient (Wildman–Crippen LogP) is 3.62. The summed E-state index contributed by atoms with van der Waals surface area (Å²) in [6.45, 7) is 4.80. The lowest BCUT2D eigenvalue weighted by Crippen LogP contribution is -2.12. The molecule has 3 rings (SSSR count). The van der Waals surface area contributed by atoms with E-state index in [9.17, 15) is 4.79 Å². The molecule has 0 radical (unpaired) electrons. The van der Waals surface area contributed by atoms with Gasteiger partial charge in [-0.05, 0) is 37.6 Å². The number of fused-ring (bicyclic) bond motifs is 1. The fourth-order valence-electron chi connectivity index (χ4n) is 2.45. The van der Waals surface area contributed by atoms with E-state index in [2.05, 4.69) is 10.3 Å². The number of hydrogen-bond acceptors (Lipinski definition) is 2. The molecule has 0 saturated heterocycles. The summed E-state index contributed by atoms with van der Waals surface area (Å²) in [5.74, 6) is -0.102. The van der Waals surface area contributed by atoms with Crippen LogP contribution in [0.5, 0.6) is 0 Å². The van der Waals surface area contributed by atoms with E-state index in [1.807, 2.05) is 61.0 Å². The molecule has 4 heteroatoms. The van der Waals surface area contributed by atoms with Gasteiger partial charge in [0, 0.05) is 30.0 Å². The molecular weight excluding hydrogens is 262 g/mol. The van der Waals surface area contributed by atoms with Gasteiger partial charge >= 0.3 is 0 Å². The van der Waals surface area contributed by atoms with Crippen LogP contribution in [-0.4, -0.2) is 15.5 Å². The van der Waals surface area contributed by atoms with E-state index in [0.717, 1.165) is 28.8 Å². The number of pyridine rings is 1. The number of hydrogen-bond donors (Lipinski definition) is 1. The van der Waals surface area contributed by atoms with Crippen LogP contribution >= 0.6 is 0 Å². The second-order valence-electron chi connectivity index (χ2n) is 4.97. The lowest BCUT2D eigenvalue weighted by molar-refractivity contribution is 0.102. The number of rotatable bonds is 3. The van der Waals surface area contributed by atoms with E-state index in [4.69, 9.17) is 0 Å². The summed E-state index contributed by atoms with van der Waals surface area (Å²) in [6.07, 6.45) is 3.61. The molecule has 0 unspecified atom stereocenters. The van der Waals surface area contributed by atoms with Crippen molar-refractivity contribution in [2.24, 2.45) is 0 Å². The average Bonchev–Trinajstić information content (AvgIpc) is 2.88. The number of carbonyl (C=O) groups is 1. The summed E-state index contributed by atoms with van der Waals surface area (Å²) in [7, 11) is 0. The van der Waals surface area contributed by atoms with Crippen LogP contribution in [0.2, 0.25) is 0 Å². The molecule has 2 aromatic heterocycles. The van der Waals surface area contributed by atoms with Crippen LogP contribution in [0.15, 0.2) is 48.8 Å². The number of anilines is 1. The molecule has 0 aliphatic heterocycles. The highest BCUT2D eigenvalue weighted by Crippen LogP contribution is 2.21. The normalized spacial score (nSPS) is 10.8. The first kappa shape index (κ1) is 13.4. The van der Waals surface area contributed by atoms with Crippen molar-refractivity contribution in [1.82, 2.24) is 9.55 Å². The fourth-order valence-corrected chi connectivity index (χ4v) is 2.45. The first-order valence-electron chi connectivity index (χ1n) is 7.01. The van der Waals surface area contributed by atoms with Crippen molar-refractivity contribution in [3.63, 3.8) is 0 Å². The van der Waals surface area contributed by atoms with Crippen molar-refractivity contribution < 1.29 is 4.79 Å². The van der Waals surface area contributed by atoms with Crippen LogP contribution in [0.1, 0.15) is 22.8 Å². The maximum atomic E-state index is 12.6. The number of carbonyl (C=O) groups excluding carboxylic acids is 1. The van der Waals surface area contributed by atoms with Gasteiger partial charge < -0.3 is 9.88 Å². The van der Waals surface area contributed by atoms with E-state index in [1.54, 1.807) is 6.20 Å². The molecule has 0 aliphatic rings. The lowest BCUT2D eigenvalue weighted by Gasteiger charge is -2.07. The smallest absolute Gasteiger partial charge is 0.257 e. The Balaban J connectivity index is 2.01. The largest absolute Gasteiger partial charge is 0.332 e. The zero-order chi connectivity index (χ0) is 14.8. The predicted molar refractivity (Wildman–Crippen MR) is 84.5 cm³/mol. The number of aryl methyl sites for hydroxylation is 2. The van der Waals surface area contributed by atoms with Gasteiger partial charge in [0.25, 0.3) is 5.91 Å². The molecule has 0 spiro atoms. The van der Waals surface area contributed by atoms with Gasteiger partial charge in [-0.15, -0.1) is 0 Å². The summed E-state index contributed by atoms with van der Waals surface area (Å²) in [5.41, 5.74) is 3.38. The van der Waals surface area contributed by atoms with Crippen molar-refractivity contribution in [2.75, 3.05) is 5.32 Å². The van der Waals surface area contributed by atoms with Gasteiger partial charge in [0.2, 0.25) is 0 Å². The van der Waals surface area contributed by atoms with Gasteiger partial charge in [-0.1, -0.05) is 18.2 Å². The maximum absolute atomic E-state index is 12.6. The molecule has 0 aliphatic carbocycles. The molecule has 0 fully saturated rings. The zero-order valence-corrected chi connectivity index (χ0v) is 12.1. The van der Waals surface area contributed by atoms with Gasteiger partial charge in [0.1, 0.15) is 5.65 Å². The second-order valence-corrected chi connectivity index (χ2v) is 4.97. The molecule has 21 heavy (non-hydrogen) atoms. The highest BCUT2D eigenvalue weighted by atomic mass is 16.1. The average molecular weight is 279 g/mol. The molecule has 106 valence electrons. The van der Waals surface area contributed by atoms with Crippen LogP contribution in [-0.2, 0) is 6.54 Å². The van der Waals surface area contributed by atoms with Crippen LogP contribution in [0, 0.1) is 6.92 Å². The monoisotopic (exact) mass is 279 g/mol. The minimum Gasteiger partial charge on any atom is -0.332 e. The number of amides is 1. The molecule has 1 amide bonds. The lowest BCUT2D eigenvalue weighted by atomic mass is 10.1. The molecule has 3 aromatic rings. The van der Waals surface area contributed by atoms with E-state index >= 15 is 0 Å². The maximum Gasteiger partial charge on any atom is 0.257 e. The van der Waals surface area contributed by atoms with Gasteiger partial charge in [0.05, 0.1) is 5.56 Å². The highest BCUT2D eigenvalue weighted by Gasteiger charge is 2.15. The second kappa shape index (κ2) is 5.40. The van der Waals surface area contributed by atoms with E-state index in [0.29, 0.717) is 5.56 Å². The summed E-state index contributed by atoms with van der Waals surface area (Å²) >= 11 is 0. The first-order chi connectivity index (χ1) is 10.2. The minimum atomic E-state index is -0.102. The van der Waals surface area contributed by atoms with Gasteiger partial charge in [-0.3, -0.25) is 4.79 Å². The molecule has 0 saturated carbocycles. The fraction of sp³-hybridized carbons (Fsp3) is 0.176. The molecular formula is C17H17N3O. The van der Waals surface area contributed by atoms with Crippen LogP contribution in [0.4, 0.5) is 5.69 Å². The zero-order valence-electron chi connectivity index (χ0n) is 12.1. The van der Waals surface area contributed by atoms with Crippen LogP contribution in [0.3, 0.4) is 0 Å². The highest BCUT2D eigenvalue weighted by molar-refractivity contribution is 6.12. The number of benzene rings is 1. The van der Waals surface area contributed by atoms with E-state index < -0.39 is 0 Å². The number of nitrogens with one attached hydrogen (secondary N) is 1. The Kier molecular flexibility index (Phi) is 3.44. The standard InChI is InChI=1S/C17H17N3O/c1-3-20-11-14(13-8-6-10-18-16(13)20)17(21)19-15-9-5-4-7-12(15)2/h4-11H,3H2,1-2H3,(H,19,21). The third-order valence-corrected chi connectivity index (χ3v) is 3.61. The van der Waals surface area contributed by atoms with Crippen LogP contribution in [0.25, 0.3) is 11.0 Å². The Bertz CT molecular complexity index is 805.